The van der Waals surface area contributed by atoms with Crippen molar-refractivity contribution in [2.24, 2.45) is 5.92 Å². The fourth-order valence-electron chi connectivity index (χ4n) is 4.00. The van der Waals surface area contributed by atoms with Crippen molar-refractivity contribution in [1.29, 1.82) is 0 Å². The summed E-state index contributed by atoms with van der Waals surface area (Å²) in [6.45, 7) is 6.28. The minimum Gasteiger partial charge on any atom is -0.439 e. The van der Waals surface area contributed by atoms with Crippen LogP contribution < -0.4 is 15.0 Å². The molecule has 1 N–H and O–H groups in total. The van der Waals surface area contributed by atoms with Crippen LogP contribution in [0.1, 0.15) is 29.5 Å². The molecule has 0 bridgehead atoms. The number of amides is 1. The third kappa shape index (κ3) is 6.02. The number of carbonyl (C=O) groups excluding carboxylic acids is 1. The molecule has 2 aromatic carbocycles. The van der Waals surface area contributed by atoms with Crippen molar-refractivity contribution < 1.29 is 9.53 Å². The summed E-state index contributed by atoms with van der Waals surface area (Å²) in [6.07, 6.45) is 3.92. The predicted octanol–water partition coefficient (Wildman–Crippen LogP) is 5.11. The molecule has 7 heteroatoms. The van der Waals surface area contributed by atoms with Gasteiger partial charge in [0.25, 0.3) is 0 Å². The lowest BCUT2D eigenvalue weighted by Crippen LogP contribution is -2.41. The van der Waals surface area contributed by atoms with Crippen molar-refractivity contribution >= 4 is 23.3 Å². The number of benzene rings is 2. The Balaban J connectivity index is 1.27. The molecule has 3 aromatic rings. The quantitative estimate of drug-likeness (QED) is 0.526. The van der Waals surface area contributed by atoms with E-state index in [4.69, 9.17) is 16.3 Å². The second-order valence-corrected chi connectivity index (χ2v) is 8.88. The van der Waals surface area contributed by atoms with E-state index in [-0.39, 0.29) is 11.8 Å². The summed E-state index contributed by atoms with van der Waals surface area (Å²) in [5, 5.41) is 3.80. The Labute approximate surface area is 200 Å². The molecule has 2 heterocycles. The smallest absolute Gasteiger partial charge is 0.224 e. The molecule has 0 radical (unpaired) electrons. The number of halogens is 1. The van der Waals surface area contributed by atoms with E-state index in [1.165, 1.54) is 11.9 Å². The summed E-state index contributed by atoms with van der Waals surface area (Å²) >= 11 is 5.92. The number of hydrogen-bond donors (Lipinski definition) is 1. The van der Waals surface area contributed by atoms with Gasteiger partial charge in [-0.05, 0) is 68.0 Å². The zero-order valence-electron chi connectivity index (χ0n) is 19.1. The second kappa shape index (κ2) is 10.7. The Morgan fingerprint density at radius 2 is 1.88 bits per heavy atom. The van der Waals surface area contributed by atoms with Crippen molar-refractivity contribution in [3.63, 3.8) is 0 Å². The monoisotopic (exact) mass is 464 g/mol. The van der Waals surface area contributed by atoms with Gasteiger partial charge in [0.15, 0.2) is 0 Å². The molecular formula is C26H29ClN4O2. The molecule has 0 atom stereocenters. The van der Waals surface area contributed by atoms with Crippen LogP contribution in [-0.4, -0.2) is 35.5 Å². The van der Waals surface area contributed by atoms with Gasteiger partial charge in [-0.15, -0.1) is 0 Å². The molecular weight excluding hydrogens is 436 g/mol. The number of nitrogens with one attached hydrogen (secondary N) is 1. The fourth-order valence-corrected chi connectivity index (χ4v) is 4.13. The molecule has 1 amide bonds. The number of piperidine rings is 1. The first-order valence-corrected chi connectivity index (χ1v) is 11.7. The molecule has 1 fully saturated rings. The van der Waals surface area contributed by atoms with Crippen LogP contribution in [0.15, 0.2) is 54.9 Å². The number of carbonyl (C=O) groups is 1. The molecule has 4 rings (SSSR count). The zero-order chi connectivity index (χ0) is 23.2. The minimum absolute atomic E-state index is 0.0268. The van der Waals surface area contributed by atoms with Gasteiger partial charge in [0.2, 0.25) is 11.8 Å². The first-order chi connectivity index (χ1) is 16.0. The maximum atomic E-state index is 12.6. The zero-order valence-corrected chi connectivity index (χ0v) is 19.8. The van der Waals surface area contributed by atoms with Crippen LogP contribution in [0.2, 0.25) is 5.02 Å². The van der Waals surface area contributed by atoms with E-state index in [0.29, 0.717) is 12.4 Å². The van der Waals surface area contributed by atoms with Crippen LogP contribution in [0.25, 0.3) is 0 Å². The van der Waals surface area contributed by atoms with E-state index in [1.807, 2.05) is 49.4 Å². The summed E-state index contributed by atoms with van der Waals surface area (Å²) in [4.78, 5) is 23.5. The third-order valence-corrected chi connectivity index (χ3v) is 6.46. The second-order valence-electron chi connectivity index (χ2n) is 8.44. The highest BCUT2D eigenvalue weighted by Gasteiger charge is 2.25. The molecule has 1 saturated heterocycles. The lowest BCUT2D eigenvalue weighted by Gasteiger charge is -2.32. The Bertz CT molecular complexity index is 1100. The molecule has 172 valence electrons. The highest BCUT2D eigenvalue weighted by Crippen LogP contribution is 2.28. The predicted molar refractivity (Wildman–Crippen MR) is 131 cm³/mol. The first-order valence-electron chi connectivity index (χ1n) is 11.3. The maximum Gasteiger partial charge on any atom is 0.224 e. The van der Waals surface area contributed by atoms with E-state index >= 15 is 0 Å². The van der Waals surface area contributed by atoms with Gasteiger partial charge >= 0.3 is 0 Å². The van der Waals surface area contributed by atoms with E-state index < -0.39 is 0 Å². The van der Waals surface area contributed by atoms with E-state index in [9.17, 15) is 4.79 Å². The van der Waals surface area contributed by atoms with Crippen LogP contribution in [-0.2, 0) is 11.2 Å². The van der Waals surface area contributed by atoms with Crippen LogP contribution in [0, 0.1) is 19.8 Å². The topological polar surface area (TPSA) is 67.3 Å². The van der Waals surface area contributed by atoms with E-state index in [1.54, 1.807) is 0 Å². The number of aryl methyl sites for hydroxylation is 1. The molecule has 0 saturated carbocycles. The Kier molecular flexibility index (Phi) is 7.45. The summed E-state index contributed by atoms with van der Waals surface area (Å²) < 4.78 is 6.02. The third-order valence-electron chi connectivity index (χ3n) is 6.21. The van der Waals surface area contributed by atoms with Gasteiger partial charge in [-0.3, -0.25) is 4.79 Å². The largest absolute Gasteiger partial charge is 0.439 e. The van der Waals surface area contributed by atoms with Gasteiger partial charge in [-0.25, -0.2) is 9.97 Å². The summed E-state index contributed by atoms with van der Waals surface area (Å²) in [7, 11) is 0. The molecule has 1 aromatic heterocycles. The summed E-state index contributed by atoms with van der Waals surface area (Å²) in [6, 6.07) is 15.6. The van der Waals surface area contributed by atoms with Crippen molar-refractivity contribution in [3.05, 3.63) is 76.6 Å². The number of hydrogen-bond acceptors (Lipinski definition) is 5. The van der Waals surface area contributed by atoms with Gasteiger partial charge in [-0.1, -0.05) is 35.9 Å². The van der Waals surface area contributed by atoms with Crippen molar-refractivity contribution in [2.75, 3.05) is 24.5 Å². The van der Waals surface area contributed by atoms with Crippen LogP contribution in [0.5, 0.6) is 11.6 Å². The van der Waals surface area contributed by atoms with Crippen LogP contribution in [0.3, 0.4) is 0 Å². The minimum atomic E-state index is 0.0268. The van der Waals surface area contributed by atoms with E-state index in [2.05, 4.69) is 33.2 Å². The average Bonchev–Trinajstić information content (AvgIpc) is 2.83. The van der Waals surface area contributed by atoms with Crippen LogP contribution >= 0.6 is 11.6 Å². The number of aromatic nitrogens is 2. The Morgan fingerprint density at radius 3 is 2.64 bits per heavy atom. The summed E-state index contributed by atoms with van der Waals surface area (Å²) in [5.41, 5.74) is 3.44. The Hall–Kier alpha value is -3.12. The standard InChI is InChI=1S/C26H29ClN4O2/c1-18-4-3-5-23(19(18)2)33-25-16-24(29-17-30-25)31-14-11-21(12-15-31)26(32)28-13-10-20-6-8-22(27)9-7-20/h3-9,16-17,21H,10-15H2,1-2H3,(H,28,32). The van der Waals surface area contributed by atoms with Crippen molar-refractivity contribution in [2.45, 2.75) is 33.1 Å². The van der Waals surface area contributed by atoms with Gasteiger partial charge in [0.1, 0.15) is 17.9 Å². The number of nitrogens with zero attached hydrogens (tertiary/aromatic N) is 3. The highest BCUT2D eigenvalue weighted by molar-refractivity contribution is 6.30. The highest BCUT2D eigenvalue weighted by atomic mass is 35.5. The normalized spacial score (nSPS) is 14.2. The molecule has 1 aliphatic rings. The molecule has 0 spiro atoms. The Morgan fingerprint density at radius 1 is 1.12 bits per heavy atom. The molecule has 1 aliphatic heterocycles. The van der Waals surface area contributed by atoms with Gasteiger partial charge < -0.3 is 15.0 Å². The lowest BCUT2D eigenvalue weighted by atomic mass is 9.96. The van der Waals surface area contributed by atoms with Gasteiger partial charge in [0, 0.05) is 36.6 Å². The van der Waals surface area contributed by atoms with Crippen molar-refractivity contribution in [3.8, 4) is 11.6 Å². The van der Waals surface area contributed by atoms with Gasteiger partial charge in [-0.2, -0.15) is 0 Å². The van der Waals surface area contributed by atoms with E-state index in [0.717, 1.165) is 60.1 Å². The average molecular weight is 465 g/mol. The molecule has 0 aliphatic carbocycles. The lowest BCUT2D eigenvalue weighted by molar-refractivity contribution is -0.125. The maximum absolute atomic E-state index is 12.6. The molecule has 33 heavy (non-hydrogen) atoms. The first kappa shape index (κ1) is 23.1. The number of rotatable bonds is 7. The fraction of sp³-hybridized carbons (Fsp3) is 0.346. The molecule has 0 unspecified atom stereocenters. The summed E-state index contributed by atoms with van der Waals surface area (Å²) in [5.74, 6) is 2.31. The number of ether oxygens (including phenoxy) is 1. The number of anilines is 1. The molecule has 6 nitrogen and oxygen atoms in total. The van der Waals surface area contributed by atoms with Crippen molar-refractivity contribution in [1.82, 2.24) is 15.3 Å². The van der Waals surface area contributed by atoms with Gasteiger partial charge in [0.05, 0.1) is 0 Å². The SMILES string of the molecule is Cc1cccc(Oc2cc(N3CCC(C(=O)NCCc4ccc(Cl)cc4)CC3)ncn2)c1C. The van der Waals surface area contributed by atoms with Crippen LogP contribution in [0.4, 0.5) is 5.82 Å².